The highest BCUT2D eigenvalue weighted by atomic mass is 35.5. The summed E-state index contributed by atoms with van der Waals surface area (Å²) in [6.45, 7) is 5.84. The average molecular weight is 241 g/mol. The highest BCUT2D eigenvalue weighted by Gasteiger charge is 2.15. The molecule has 4 heteroatoms. The third-order valence-electron chi connectivity index (χ3n) is 2.32. The van der Waals surface area contributed by atoms with E-state index in [1.807, 2.05) is 19.1 Å². The second kappa shape index (κ2) is 5.89. The van der Waals surface area contributed by atoms with E-state index < -0.39 is 0 Å². The maximum atomic E-state index is 5.96. The molecule has 1 rings (SSSR count). The first-order valence-corrected chi connectivity index (χ1v) is 5.40. The topological polar surface area (TPSA) is 47.3 Å². The van der Waals surface area contributed by atoms with Crippen molar-refractivity contribution in [2.45, 2.75) is 19.4 Å². The SMILES string of the molecule is C=C(C)CC(NN)c1cc(Cl)ccc1OC. The largest absolute Gasteiger partial charge is 0.496 e. The lowest BCUT2D eigenvalue weighted by atomic mass is 10.00. The molecule has 0 spiro atoms. The van der Waals surface area contributed by atoms with Gasteiger partial charge in [0.2, 0.25) is 0 Å². The summed E-state index contributed by atoms with van der Waals surface area (Å²) in [6.07, 6.45) is 0.743. The van der Waals surface area contributed by atoms with Crippen LogP contribution in [-0.2, 0) is 0 Å². The van der Waals surface area contributed by atoms with Crippen LogP contribution in [0.5, 0.6) is 5.75 Å². The van der Waals surface area contributed by atoms with E-state index >= 15 is 0 Å². The zero-order valence-corrected chi connectivity index (χ0v) is 10.3. The first kappa shape index (κ1) is 13.0. The minimum Gasteiger partial charge on any atom is -0.496 e. The van der Waals surface area contributed by atoms with Gasteiger partial charge in [0.1, 0.15) is 5.75 Å². The Bertz CT molecular complexity index is 379. The van der Waals surface area contributed by atoms with Gasteiger partial charge in [-0.3, -0.25) is 11.3 Å². The van der Waals surface area contributed by atoms with Crippen molar-refractivity contribution in [3.05, 3.63) is 40.9 Å². The molecular weight excluding hydrogens is 224 g/mol. The van der Waals surface area contributed by atoms with Crippen LogP contribution in [0, 0.1) is 0 Å². The van der Waals surface area contributed by atoms with Gasteiger partial charge in [-0.25, -0.2) is 0 Å². The van der Waals surface area contributed by atoms with E-state index in [-0.39, 0.29) is 6.04 Å². The molecule has 16 heavy (non-hydrogen) atoms. The number of hydrogen-bond acceptors (Lipinski definition) is 3. The first-order chi connectivity index (χ1) is 7.58. The first-order valence-electron chi connectivity index (χ1n) is 5.02. The minimum absolute atomic E-state index is 0.0360. The van der Waals surface area contributed by atoms with E-state index in [0.29, 0.717) is 5.02 Å². The van der Waals surface area contributed by atoms with E-state index in [0.717, 1.165) is 23.3 Å². The lowest BCUT2D eigenvalue weighted by Gasteiger charge is -2.19. The predicted molar refractivity (Wildman–Crippen MR) is 67.5 cm³/mol. The maximum Gasteiger partial charge on any atom is 0.123 e. The van der Waals surface area contributed by atoms with Crippen LogP contribution < -0.4 is 16.0 Å². The van der Waals surface area contributed by atoms with Crippen LogP contribution in [0.15, 0.2) is 30.4 Å². The standard InChI is InChI=1S/C12H17ClN2O/c1-8(2)6-11(15-14)10-7-9(13)4-5-12(10)16-3/h4-5,7,11,15H,1,6,14H2,2-3H3. The van der Waals surface area contributed by atoms with Crippen molar-refractivity contribution in [1.82, 2.24) is 5.43 Å². The zero-order valence-electron chi connectivity index (χ0n) is 9.59. The Morgan fingerprint density at radius 2 is 2.31 bits per heavy atom. The van der Waals surface area contributed by atoms with Crippen molar-refractivity contribution in [1.29, 1.82) is 0 Å². The maximum absolute atomic E-state index is 5.96. The number of hydrazine groups is 1. The second-order valence-corrected chi connectivity index (χ2v) is 4.20. The van der Waals surface area contributed by atoms with E-state index in [1.165, 1.54) is 0 Å². The fourth-order valence-corrected chi connectivity index (χ4v) is 1.77. The molecule has 0 aliphatic rings. The smallest absolute Gasteiger partial charge is 0.123 e. The van der Waals surface area contributed by atoms with Crippen LogP contribution >= 0.6 is 11.6 Å². The summed E-state index contributed by atoms with van der Waals surface area (Å²) in [5.74, 6) is 6.31. The predicted octanol–water partition coefficient (Wildman–Crippen LogP) is 2.82. The van der Waals surface area contributed by atoms with Gasteiger partial charge >= 0.3 is 0 Å². The van der Waals surface area contributed by atoms with Crippen molar-refractivity contribution in [2.24, 2.45) is 5.84 Å². The van der Waals surface area contributed by atoms with Gasteiger partial charge in [-0.1, -0.05) is 17.2 Å². The Morgan fingerprint density at radius 1 is 1.62 bits per heavy atom. The van der Waals surface area contributed by atoms with E-state index in [1.54, 1.807) is 13.2 Å². The summed E-state index contributed by atoms with van der Waals surface area (Å²) < 4.78 is 5.28. The van der Waals surface area contributed by atoms with E-state index in [9.17, 15) is 0 Å². The van der Waals surface area contributed by atoms with Gasteiger partial charge in [-0.05, 0) is 31.5 Å². The van der Waals surface area contributed by atoms with Crippen LogP contribution in [0.3, 0.4) is 0 Å². The molecule has 1 aromatic rings. The summed E-state index contributed by atoms with van der Waals surface area (Å²) in [7, 11) is 1.63. The van der Waals surface area contributed by atoms with Gasteiger partial charge in [0, 0.05) is 10.6 Å². The average Bonchev–Trinajstić information content (AvgIpc) is 2.25. The Hall–Kier alpha value is -1.03. The molecule has 0 heterocycles. The summed E-state index contributed by atoms with van der Waals surface area (Å²) in [4.78, 5) is 0. The van der Waals surface area contributed by atoms with Gasteiger partial charge in [-0.15, -0.1) is 6.58 Å². The molecular formula is C12H17ClN2O. The molecule has 0 radical (unpaired) electrons. The highest BCUT2D eigenvalue weighted by Crippen LogP contribution is 2.30. The van der Waals surface area contributed by atoms with Gasteiger partial charge in [0.05, 0.1) is 13.2 Å². The molecule has 0 aliphatic heterocycles. The van der Waals surface area contributed by atoms with Crippen LogP contribution in [0.4, 0.5) is 0 Å². The summed E-state index contributed by atoms with van der Waals surface area (Å²) in [5, 5.41) is 0.665. The van der Waals surface area contributed by atoms with Crippen LogP contribution in [0.1, 0.15) is 24.9 Å². The van der Waals surface area contributed by atoms with E-state index in [4.69, 9.17) is 22.2 Å². The number of rotatable bonds is 5. The Morgan fingerprint density at radius 3 is 2.81 bits per heavy atom. The van der Waals surface area contributed by atoms with Gasteiger partial charge in [0.15, 0.2) is 0 Å². The Balaban J connectivity index is 3.06. The molecule has 0 fully saturated rings. The van der Waals surface area contributed by atoms with Crippen LogP contribution in [-0.4, -0.2) is 7.11 Å². The number of halogens is 1. The number of benzene rings is 1. The number of nitrogens with one attached hydrogen (secondary N) is 1. The molecule has 3 nitrogen and oxygen atoms in total. The lowest BCUT2D eigenvalue weighted by molar-refractivity contribution is 0.399. The molecule has 1 aromatic carbocycles. The third kappa shape index (κ3) is 3.23. The van der Waals surface area contributed by atoms with Gasteiger partial charge in [0.25, 0.3) is 0 Å². The van der Waals surface area contributed by atoms with Crippen molar-refractivity contribution in [2.75, 3.05) is 7.11 Å². The number of nitrogens with two attached hydrogens (primary N) is 1. The number of ether oxygens (including phenoxy) is 1. The molecule has 1 unspecified atom stereocenters. The van der Waals surface area contributed by atoms with Gasteiger partial charge < -0.3 is 4.74 Å². The monoisotopic (exact) mass is 240 g/mol. The summed E-state index contributed by atoms with van der Waals surface area (Å²) in [6, 6.07) is 5.44. The molecule has 88 valence electrons. The van der Waals surface area contributed by atoms with Crippen molar-refractivity contribution in [3.8, 4) is 5.75 Å². The minimum atomic E-state index is -0.0360. The Kier molecular flexibility index (Phi) is 4.80. The highest BCUT2D eigenvalue weighted by molar-refractivity contribution is 6.30. The number of hydrogen-bond donors (Lipinski definition) is 2. The van der Waals surface area contributed by atoms with Gasteiger partial charge in [-0.2, -0.15) is 0 Å². The van der Waals surface area contributed by atoms with Crippen molar-refractivity contribution in [3.63, 3.8) is 0 Å². The second-order valence-electron chi connectivity index (χ2n) is 3.77. The summed E-state index contributed by atoms with van der Waals surface area (Å²) >= 11 is 5.96. The van der Waals surface area contributed by atoms with Crippen LogP contribution in [0.2, 0.25) is 5.02 Å². The fraction of sp³-hybridized carbons (Fsp3) is 0.333. The Labute approximate surface area is 101 Å². The molecule has 1 atom stereocenters. The molecule has 0 saturated carbocycles. The molecule has 0 aromatic heterocycles. The quantitative estimate of drug-likeness (QED) is 0.473. The van der Waals surface area contributed by atoms with Crippen LogP contribution in [0.25, 0.3) is 0 Å². The third-order valence-corrected chi connectivity index (χ3v) is 2.56. The normalized spacial score (nSPS) is 12.2. The van der Waals surface area contributed by atoms with E-state index in [2.05, 4.69) is 12.0 Å². The summed E-state index contributed by atoms with van der Waals surface area (Å²) in [5.41, 5.74) is 4.74. The molecule has 0 aliphatic carbocycles. The van der Waals surface area contributed by atoms with Crippen molar-refractivity contribution >= 4 is 11.6 Å². The number of methoxy groups -OCH3 is 1. The molecule has 3 N–H and O–H groups in total. The lowest BCUT2D eigenvalue weighted by Crippen LogP contribution is -2.28. The molecule has 0 amide bonds. The fourth-order valence-electron chi connectivity index (χ4n) is 1.58. The zero-order chi connectivity index (χ0) is 12.1. The van der Waals surface area contributed by atoms with Crippen molar-refractivity contribution < 1.29 is 4.74 Å². The molecule has 0 bridgehead atoms. The molecule has 0 saturated heterocycles.